The highest BCUT2D eigenvalue weighted by Gasteiger charge is 2.24. The van der Waals surface area contributed by atoms with E-state index in [9.17, 15) is 9.59 Å². The lowest BCUT2D eigenvalue weighted by Gasteiger charge is -2.27. The van der Waals surface area contributed by atoms with E-state index >= 15 is 0 Å². The van der Waals surface area contributed by atoms with Crippen LogP contribution in [0.1, 0.15) is 36.0 Å². The van der Waals surface area contributed by atoms with Crippen molar-refractivity contribution in [2.75, 3.05) is 0 Å². The molecule has 1 aliphatic carbocycles. The number of carbonyl (C=O) groups is 1. The van der Waals surface area contributed by atoms with Gasteiger partial charge in [0.2, 0.25) is 5.56 Å². The lowest BCUT2D eigenvalue weighted by atomic mass is 9.94. The van der Waals surface area contributed by atoms with Crippen LogP contribution in [0.2, 0.25) is 0 Å². The summed E-state index contributed by atoms with van der Waals surface area (Å²) in [6.07, 6.45) is 5.51. The molecule has 2 rings (SSSR count). The van der Waals surface area contributed by atoms with E-state index in [2.05, 4.69) is 10.3 Å². The Morgan fingerprint density at radius 1 is 1.41 bits per heavy atom. The van der Waals surface area contributed by atoms with E-state index in [4.69, 9.17) is 11.6 Å². The zero-order valence-electron chi connectivity index (χ0n) is 9.41. The molecule has 5 heteroatoms. The molecule has 0 aromatic carbocycles. The van der Waals surface area contributed by atoms with Gasteiger partial charge in [0.25, 0.3) is 5.91 Å². The van der Waals surface area contributed by atoms with Crippen LogP contribution in [0.4, 0.5) is 0 Å². The number of halogens is 1. The summed E-state index contributed by atoms with van der Waals surface area (Å²) in [4.78, 5) is 25.5. The second kappa shape index (κ2) is 5.36. The second-order valence-electron chi connectivity index (χ2n) is 4.32. The molecule has 0 aliphatic heterocycles. The Hall–Kier alpha value is -1.29. The highest BCUT2D eigenvalue weighted by molar-refractivity contribution is 6.21. The number of pyridine rings is 1. The number of nitrogens with one attached hydrogen (secondary N) is 2. The number of aromatic amines is 1. The first-order valence-corrected chi connectivity index (χ1v) is 6.24. The topological polar surface area (TPSA) is 62.0 Å². The average molecular weight is 255 g/mol. The molecule has 2 unspecified atom stereocenters. The summed E-state index contributed by atoms with van der Waals surface area (Å²) in [6.45, 7) is 0. The Labute approximate surface area is 104 Å². The predicted octanol–water partition coefficient (Wildman–Crippen LogP) is 1.65. The first-order chi connectivity index (χ1) is 8.16. The molecule has 0 bridgehead atoms. The number of carbonyl (C=O) groups excluding carboxylic acids is 1. The molecular formula is C12H15ClN2O2. The Kier molecular flexibility index (Phi) is 3.84. The third-order valence-corrected chi connectivity index (χ3v) is 3.56. The summed E-state index contributed by atoms with van der Waals surface area (Å²) in [5, 5.41) is 2.88. The normalized spacial score (nSPS) is 24.3. The van der Waals surface area contributed by atoms with Gasteiger partial charge in [0.05, 0.1) is 5.38 Å². The van der Waals surface area contributed by atoms with Crippen molar-refractivity contribution in [3.05, 3.63) is 34.2 Å². The van der Waals surface area contributed by atoms with Crippen LogP contribution in [-0.2, 0) is 0 Å². The van der Waals surface area contributed by atoms with E-state index in [1.54, 1.807) is 6.07 Å². The van der Waals surface area contributed by atoms with E-state index in [-0.39, 0.29) is 22.9 Å². The lowest BCUT2D eigenvalue weighted by molar-refractivity contribution is 0.0928. The van der Waals surface area contributed by atoms with Gasteiger partial charge in [0, 0.05) is 23.9 Å². The standard InChI is InChI=1S/C12H15ClN2O2/c13-9-3-1-2-4-10(9)15-12(17)8-5-6-14-11(16)7-8/h5-7,9-10H,1-4H2,(H,14,16)(H,15,17). The lowest BCUT2D eigenvalue weighted by Crippen LogP contribution is -2.43. The monoisotopic (exact) mass is 254 g/mol. The van der Waals surface area contributed by atoms with E-state index in [0.717, 1.165) is 25.7 Å². The molecule has 1 aromatic rings. The summed E-state index contributed by atoms with van der Waals surface area (Å²) in [5.74, 6) is -0.228. The molecule has 1 amide bonds. The molecule has 1 aromatic heterocycles. The highest BCUT2D eigenvalue weighted by Crippen LogP contribution is 2.23. The van der Waals surface area contributed by atoms with Crippen LogP contribution in [0.3, 0.4) is 0 Å². The maximum Gasteiger partial charge on any atom is 0.251 e. The summed E-state index contributed by atoms with van der Waals surface area (Å²) < 4.78 is 0. The van der Waals surface area contributed by atoms with Gasteiger partial charge in [-0.1, -0.05) is 12.8 Å². The van der Waals surface area contributed by atoms with Crippen LogP contribution >= 0.6 is 11.6 Å². The van der Waals surface area contributed by atoms with E-state index in [1.807, 2.05) is 0 Å². The van der Waals surface area contributed by atoms with Gasteiger partial charge < -0.3 is 10.3 Å². The molecule has 2 N–H and O–H groups in total. The Morgan fingerprint density at radius 3 is 2.88 bits per heavy atom. The number of H-pyrrole nitrogens is 1. The number of hydrogen-bond donors (Lipinski definition) is 2. The summed E-state index contributed by atoms with van der Waals surface area (Å²) >= 11 is 6.16. The van der Waals surface area contributed by atoms with Crippen LogP contribution in [0.25, 0.3) is 0 Å². The van der Waals surface area contributed by atoms with Crippen molar-refractivity contribution in [2.45, 2.75) is 37.1 Å². The molecule has 92 valence electrons. The third-order valence-electron chi connectivity index (χ3n) is 3.04. The van der Waals surface area contributed by atoms with Crippen molar-refractivity contribution in [3.8, 4) is 0 Å². The summed E-state index contributed by atoms with van der Waals surface area (Å²) in [6, 6.07) is 2.89. The van der Waals surface area contributed by atoms with Crippen molar-refractivity contribution in [3.63, 3.8) is 0 Å². The molecule has 17 heavy (non-hydrogen) atoms. The first-order valence-electron chi connectivity index (χ1n) is 5.80. The Morgan fingerprint density at radius 2 is 2.18 bits per heavy atom. The van der Waals surface area contributed by atoms with Crippen molar-refractivity contribution in [2.24, 2.45) is 0 Å². The molecule has 0 radical (unpaired) electrons. The molecule has 4 nitrogen and oxygen atoms in total. The number of hydrogen-bond acceptors (Lipinski definition) is 2. The summed E-state index contributed by atoms with van der Waals surface area (Å²) in [5.41, 5.74) is 0.104. The number of rotatable bonds is 2. The molecule has 1 aliphatic rings. The fraction of sp³-hybridized carbons (Fsp3) is 0.500. The Balaban J connectivity index is 2.03. The molecule has 1 heterocycles. The molecule has 0 saturated heterocycles. The first kappa shape index (κ1) is 12.2. The fourth-order valence-corrected chi connectivity index (χ4v) is 2.43. The minimum Gasteiger partial charge on any atom is -0.348 e. The molecular weight excluding hydrogens is 240 g/mol. The average Bonchev–Trinajstić information content (AvgIpc) is 2.32. The minimum atomic E-state index is -0.274. The molecule has 0 spiro atoms. The zero-order chi connectivity index (χ0) is 12.3. The molecule has 1 saturated carbocycles. The van der Waals surface area contributed by atoms with Crippen molar-refractivity contribution >= 4 is 17.5 Å². The highest BCUT2D eigenvalue weighted by atomic mass is 35.5. The molecule has 1 fully saturated rings. The van der Waals surface area contributed by atoms with Crippen LogP contribution in [0, 0.1) is 0 Å². The zero-order valence-corrected chi connectivity index (χ0v) is 10.2. The van der Waals surface area contributed by atoms with Gasteiger partial charge in [-0.2, -0.15) is 0 Å². The van der Waals surface area contributed by atoms with Crippen molar-refractivity contribution in [1.29, 1.82) is 0 Å². The summed E-state index contributed by atoms with van der Waals surface area (Å²) in [7, 11) is 0. The van der Waals surface area contributed by atoms with E-state index in [1.165, 1.54) is 12.3 Å². The third kappa shape index (κ3) is 3.09. The number of aromatic nitrogens is 1. The van der Waals surface area contributed by atoms with E-state index in [0.29, 0.717) is 5.56 Å². The molecule has 2 atom stereocenters. The van der Waals surface area contributed by atoms with Gasteiger partial charge in [-0.05, 0) is 18.9 Å². The maximum absolute atomic E-state index is 11.9. The Bertz CT molecular complexity index is 458. The van der Waals surface area contributed by atoms with Crippen LogP contribution < -0.4 is 10.9 Å². The fourth-order valence-electron chi connectivity index (χ4n) is 2.09. The second-order valence-corrected chi connectivity index (χ2v) is 4.88. The quantitative estimate of drug-likeness (QED) is 0.789. The number of amides is 1. The van der Waals surface area contributed by atoms with Crippen molar-refractivity contribution in [1.82, 2.24) is 10.3 Å². The van der Waals surface area contributed by atoms with Gasteiger partial charge in [-0.15, -0.1) is 11.6 Å². The largest absolute Gasteiger partial charge is 0.348 e. The van der Waals surface area contributed by atoms with Gasteiger partial charge in [-0.25, -0.2) is 0 Å². The van der Waals surface area contributed by atoms with Crippen molar-refractivity contribution < 1.29 is 4.79 Å². The van der Waals surface area contributed by atoms with Crippen LogP contribution in [0.15, 0.2) is 23.1 Å². The van der Waals surface area contributed by atoms with E-state index < -0.39 is 0 Å². The van der Waals surface area contributed by atoms with Gasteiger partial charge >= 0.3 is 0 Å². The van der Waals surface area contributed by atoms with Crippen LogP contribution in [0.5, 0.6) is 0 Å². The smallest absolute Gasteiger partial charge is 0.251 e. The van der Waals surface area contributed by atoms with Gasteiger partial charge in [-0.3, -0.25) is 9.59 Å². The van der Waals surface area contributed by atoms with Gasteiger partial charge in [0.1, 0.15) is 0 Å². The SMILES string of the molecule is O=C(NC1CCCCC1Cl)c1cc[nH]c(=O)c1. The van der Waals surface area contributed by atoms with Crippen LogP contribution in [-0.4, -0.2) is 22.3 Å². The predicted molar refractivity (Wildman–Crippen MR) is 66.4 cm³/mol. The number of alkyl halides is 1. The maximum atomic E-state index is 11.9. The van der Waals surface area contributed by atoms with Gasteiger partial charge in [0.15, 0.2) is 0 Å². The minimum absolute atomic E-state index is 0.00491.